The number of imidazole rings is 1. The number of allylic oxidation sites excluding steroid dienone is 4. The molecule has 0 bridgehead atoms. The van der Waals surface area contributed by atoms with Gasteiger partial charge in [-0.2, -0.15) is 0 Å². The lowest BCUT2D eigenvalue weighted by Crippen LogP contribution is -2.15. The van der Waals surface area contributed by atoms with Crippen molar-refractivity contribution in [2.75, 3.05) is 5.73 Å². The van der Waals surface area contributed by atoms with Gasteiger partial charge in [0, 0.05) is 11.8 Å². The quantitative estimate of drug-likeness (QED) is 0.292. The Morgan fingerprint density at radius 3 is 2.62 bits per heavy atom. The van der Waals surface area contributed by atoms with E-state index in [0.29, 0.717) is 5.57 Å². The standard InChI is InChI=1S/C22H20F3N5O2/c1-3-12(31)7-6-11(2)9-13-17(26)14(20(27)32)10-16-18(13)29-22(19(24)25)30(16)21-15(23)5-4-8-28-21/h3-10,19,31H,26H2,1-2H3,(H2,27,32)/b7-6-,11-9+,12-3-. The van der Waals surface area contributed by atoms with Gasteiger partial charge in [-0.1, -0.05) is 11.6 Å². The van der Waals surface area contributed by atoms with Crippen molar-refractivity contribution < 1.29 is 23.1 Å². The number of aliphatic hydroxyl groups excluding tert-OH is 1. The number of carbonyl (C=O) groups excluding carboxylic acids is 1. The molecule has 0 aliphatic rings. The fourth-order valence-electron chi connectivity index (χ4n) is 3.12. The van der Waals surface area contributed by atoms with E-state index in [4.69, 9.17) is 11.5 Å². The summed E-state index contributed by atoms with van der Waals surface area (Å²) >= 11 is 0. The minimum absolute atomic E-state index is 0.0101. The number of nitrogen functional groups attached to an aromatic ring is 1. The first-order chi connectivity index (χ1) is 15.1. The summed E-state index contributed by atoms with van der Waals surface area (Å²) in [6, 6.07) is 3.57. The molecule has 3 aromatic rings. The monoisotopic (exact) mass is 443 g/mol. The Kier molecular flexibility index (Phi) is 6.33. The van der Waals surface area contributed by atoms with Crippen LogP contribution in [-0.2, 0) is 0 Å². The summed E-state index contributed by atoms with van der Waals surface area (Å²) in [7, 11) is 0. The number of alkyl halides is 2. The van der Waals surface area contributed by atoms with E-state index in [-0.39, 0.29) is 33.6 Å². The molecule has 7 nitrogen and oxygen atoms in total. The van der Waals surface area contributed by atoms with Gasteiger partial charge in [0.2, 0.25) is 0 Å². The molecule has 0 aliphatic heterocycles. The minimum atomic E-state index is -3.08. The van der Waals surface area contributed by atoms with E-state index in [1.54, 1.807) is 19.9 Å². The molecule has 0 radical (unpaired) electrons. The SMILES string of the molecule is C/C=C(O)/C=C\C(C)=C\c1c(N)c(C(N)=O)cc2c1nc(C(F)F)n2-c1ncccc1F. The molecule has 2 aromatic heterocycles. The summed E-state index contributed by atoms with van der Waals surface area (Å²) in [4.78, 5) is 19.9. The van der Waals surface area contributed by atoms with E-state index < -0.39 is 29.8 Å². The first-order valence-corrected chi connectivity index (χ1v) is 9.41. The van der Waals surface area contributed by atoms with Crippen LogP contribution in [0.5, 0.6) is 0 Å². The fourth-order valence-corrected chi connectivity index (χ4v) is 3.12. The average Bonchev–Trinajstić information content (AvgIpc) is 3.13. The van der Waals surface area contributed by atoms with Crippen LogP contribution in [0.25, 0.3) is 22.9 Å². The number of amides is 1. The topological polar surface area (TPSA) is 120 Å². The molecule has 0 aliphatic carbocycles. The molecule has 0 fully saturated rings. The van der Waals surface area contributed by atoms with Crippen molar-refractivity contribution in [1.82, 2.24) is 14.5 Å². The van der Waals surface area contributed by atoms with Gasteiger partial charge in [0.25, 0.3) is 12.3 Å². The first kappa shape index (κ1) is 22.6. The lowest BCUT2D eigenvalue weighted by atomic mass is 10.0. The molecule has 1 amide bonds. The van der Waals surface area contributed by atoms with E-state index in [9.17, 15) is 23.1 Å². The van der Waals surface area contributed by atoms with E-state index >= 15 is 0 Å². The van der Waals surface area contributed by atoms with Crippen molar-refractivity contribution in [2.24, 2.45) is 5.73 Å². The van der Waals surface area contributed by atoms with Crippen molar-refractivity contribution in [3.05, 3.63) is 76.7 Å². The van der Waals surface area contributed by atoms with Gasteiger partial charge in [-0.05, 0) is 50.3 Å². The number of pyridine rings is 1. The van der Waals surface area contributed by atoms with Gasteiger partial charge >= 0.3 is 0 Å². The van der Waals surface area contributed by atoms with Crippen molar-refractivity contribution in [3.63, 3.8) is 0 Å². The van der Waals surface area contributed by atoms with Crippen LogP contribution in [0.2, 0.25) is 0 Å². The highest BCUT2D eigenvalue weighted by molar-refractivity contribution is 6.06. The minimum Gasteiger partial charge on any atom is -0.508 e. The van der Waals surface area contributed by atoms with Crippen LogP contribution in [0.3, 0.4) is 0 Å². The third-order valence-corrected chi connectivity index (χ3v) is 4.65. The fraction of sp³-hybridized carbons (Fsp3) is 0.136. The summed E-state index contributed by atoms with van der Waals surface area (Å²) in [5.41, 5.74) is 12.1. The maximum absolute atomic E-state index is 14.5. The highest BCUT2D eigenvalue weighted by Crippen LogP contribution is 2.35. The Bertz CT molecular complexity index is 1290. The van der Waals surface area contributed by atoms with E-state index in [1.807, 2.05) is 0 Å². The number of anilines is 1. The Balaban J connectivity index is 2.42. The van der Waals surface area contributed by atoms with E-state index in [2.05, 4.69) is 9.97 Å². The van der Waals surface area contributed by atoms with Gasteiger partial charge < -0.3 is 16.6 Å². The maximum atomic E-state index is 14.5. The second-order valence-corrected chi connectivity index (χ2v) is 6.83. The molecule has 0 saturated carbocycles. The Labute approximate surface area is 181 Å². The number of primary amides is 1. The predicted octanol–water partition coefficient (Wildman–Crippen LogP) is 4.60. The third kappa shape index (κ3) is 4.20. The number of hydrogen-bond donors (Lipinski definition) is 3. The van der Waals surface area contributed by atoms with Gasteiger partial charge in [0.1, 0.15) is 5.76 Å². The number of rotatable bonds is 6. The molecule has 0 unspecified atom stereocenters. The highest BCUT2D eigenvalue weighted by Gasteiger charge is 2.26. The Morgan fingerprint density at radius 2 is 2.03 bits per heavy atom. The van der Waals surface area contributed by atoms with Crippen LogP contribution in [0, 0.1) is 5.82 Å². The smallest absolute Gasteiger partial charge is 0.296 e. The third-order valence-electron chi connectivity index (χ3n) is 4.65. The Morgan fingerprint density at radius 1 is 1.31 bits per heavy atom. The number of aliphatic hydroxyl groups is 1. The lowest BCUT2D eigenvalue weighted by molar-refractivity contribution is 0.100. The maximum Gasteiger partial charge on any atom is 0.296 e. The molecule has 0 saturated heterocycles. The summed E-state index contributed by atoms with van der Waals surface area (Å²) in [5.74, 6) is -2.92. The van der Waals surface area contributed by atoms with Crippen molar-refractivity contribution in [1.29, 1.82) is 0 Å². The highest BCUT2D eigenvalue weighted by atomic mass is 19.3. The molecule has 32 heavy (non-hydrogen) atoms. The Hall–Kier alpha value is -4.08. The molecule has 3 rings (SSSR count). The lowest BCUT2D eigenvalue weighted by Gasteiger charge is -2.11. The van der Waals surface area contributed by atoms with Crippen LogP contribution >= 0.6 is 0 Å². The summed E-state index contributed by atoms with van der Waals surface area (Å²) in [5, 5.41) is 9.59. The van der Waals surface area contributed by atoms with Gasteiger partial charge in [-0.15, -0.1) is 0 Å². The largest absolute Gasteiger partial charge is 0.508 e. The van der Waals surface area contributed by atoms with Gasteiger partial charge in [-0.25, -0.2) is 23.1 Å². The van der Waals surface area contributed by atoms with Gasteiger partial charge in [0.05, 0.1) is 22.3 Å². The first-order valence-electron chi connectivity index (χ1n) is 9.41. The van der Waals surface area contributed by atoms with Crippen LogP contribution in [0.4, 0.5) is 18.9 Å². The summed E-state index contributed by atoms with van der Waals surface area (Å²) in [6.07, 6.45) is 4.12. The van der Waals surface area contributed by atoms with E-state index in [0.717, 1.165) is 10.6 Å². The number of fused-ring (bicyclic) bond motifs is 1. The zero-order valence-electron chi connectivity index (χ0n) is 17.2. The molecule has 5 N–H and O–H groups in total. The van der Waals surface area contributed by atoms with Crippen molar-refractivity contribution >= 4 is 28.7 Å². The zero-order chi connectivity index (χ0) is 23.6. The zero-order valence-corrected chi connectivity index (χ0v) is 17.2. The number of nitrogens with zero attached hydrogens (tertiary/aromatic N) is 3. The number of benzene rings is 1. The molecule has 1 aromatic carbocycles. The number of halogens is 3. The molecular weight excluding hydrogens is 423 g/mol. The van der Waals surface area contributed by atoms with Crippen molar-refractivity contribution in [3.8, 4) is 5.82 Å². The van der Waals surface area contributed by atoms with Crippen LogP contribution in [0.15, 0.2) is 54.0 Å². The van der Waals surface area contributed by atoms with Gasteiger partial charge in [0.15, 0.2) is 17.5 Å². The molecular formula is C22H20F3N5O2. The van der Waals surface area contributed by atoms with Crippen LogP contribution in [0.1, 0.15) is 42.0 Å². The molecule has 10 heteroatoms. The number of carbonyl (C=O) groups is 1. The molecule has 2 heterocycles. The van der Waals surface area contributed by atoms with Gasteiger partial charge in [-0.3, -0.25) is 9.36 Å². The van der Waals surface area contributed by atoms with Crippen molar-refractivity contribution in [2.45, 2.75) is 20.3 Å². The molecule has 166 valence electrons. The second-order valence-electron chi connectivity index (χ2n) is 6.83. The number of aromatic nitrogens is 3. The van der Waals surface area contributed by atoms with Crippen LogP contribution in [-0.4, -0.2) is 25.5 Å². The molecule has 0 atom stereocenters. The number of hydrogen-bond acceptors (Lipinski definition) is 5. The predicted molar refractivity (Wildman–Crippen MR) is 116 cm³/mol. The van der Waals surface area contributed by atoms with E-state index in [1.165, 1.54) is 36.6 Å². The second kappa shape index (κ2) is 8.96. The summed E-state index contributed by atoms with van der Waals surface area (Å²) in [6.45, 7) is 3.32. The summed E-state index contributed by atoms with van der Waals surface area (Å²) < 4.78 is 43.0. The number of nitrogens with two attached hydrogens (primary N) is 2. The van der Waals surface area contributed by atoms with Crippen LogP contribution < -0.4 is 11.5 Å². The normalized spacial score (nSPS) is 12.9. The average molecular weight is 443 g/mol. The molecule has 0 spiro atoms.